The molecule has 0 aliphatic carbocycles. The first-order valence-corrected chi connectivity index (χ1v) is 5.86. The molecule has 0 saturated carbocycles. The summed E-state index contributed by atoms with van der Waals surface area (Å²) < 4.78 is 0. The van der Waals surface area contributed by atoms with Crippen molar-refractivity contribution >= 4 is 28.4 Å². The second-order valence-corrected chi connectivity index (χ2v) is 4.44. The van der Waals surface area contributed by atoms with Crippen LogP contribution in [0.3, 0.4) is 0 Å². The van der Waals surface area contributed by atoms with E-state index in [4.69, 9.17) is 10.9 Å². The Hall–Kier alpha value is -1.68. The fourth-order valence-corrected chi connectivity index (χ4v) is 2.19. The van der Waals surface area contributed by atoms with Crippen LogP contribution < -0.4 is 5.73 Å². The van der Waals surface area contributed by atoms with Gasteiger partial charge in [-0.3, -0.25) is 0 Å². The van der Waals surface area contributed by atoms with E-state index >= 15 is 0 Å². The van der Waals surface area contributed by atoms with Crippen LogP contribution in [0, 0.1) is 0 Å². The molecule has 0 aromatic heterocycles. The molecule has 0 fully saturated rings. The number of nitrogens with zero attached hydrogens (tertiary/aromatic N) is 1. The highest BCUT2D eigenvalue weighted by atomic mass is 32.2. The molecular formula is C12H12N2OS. The van der Waals surface area contributed by atoms with Gasteiger partial charge in [0.15, 0.2) is 0 Å². The molecular weight excluding hydrogens is 220 g/mol. The zero-order chi connectivity index (χ0) is 11.4. The topological polar surface area (TPSA) is 58.6 Å². The predicted molar refractivity (Wildman–Crippen MR) is 68.1 cm³/mol. The lowest BCUT2D eigenvalue weighted by molar-refractivity contribution is 0.318. The third kappa shape index (κ3) is 2.46. The number of fused-ring (bicyclic) bond motifs is 1. The molecule has 82 valence electrons. The van der Waals surface area contributed by atoms with Crippen LogP contribution in [0.2, 0.25) is 0 Å². The summed E-state index contributed by atoms with van der Waals surface area (Å²) in [5, 5.41) is 13.8. The molecule has 2 aromatic carbocycles. The Morgan fingerprint density at radius 1 is 1.19 bits per heavy atom. The van der Waals surface area contributed by atoms with Crippen molar-refractivity contribution in [1.82, 2.24) is 0 Å². The second kappa shape index (κ2) is 4.90. The SMILES string of the molecule is NC(CSc1ccc2ccccc2c1)=NO. The van der Waals surface area contributed by atoms with E-state index in [1.807, 2.05) is 18.2 Å². The Morgan fingerprint density at radius 3 is 2.69 bits per heavy atom. The van der Waals surface area contributed by atoms with Crippen molar-refractivity contribution in [3.05, 3.63) is 42.5 Å². The van der Waals surface area contributed by atoms with Gasteiger partial charge in [0, 0.05) is 4.90 Å². The smallest absolute Gasteiger partial charge is 0.149 e. The standard InChI is InChI=1S/C12H12N2OS/c13-12(14-15)8-16-11-6-5-9-3-1-2-4-10(9)7-11/h1-7,15H,8H2,(H2,13,14). The Balaban J connectivity index is 2.20. The summed E-state index contributed by atoms with van der Waals surface area (Å²) in [5.74, 6) is 0.729. The van der Waals surface area contributed by atoms with E-state index in [-0.39, 0.29) is 5.84 Å². The summed E-state index contributed by atoms with van der Waals surface area (Å²) in [6.07, 6.45) is 0. The monoisotopic (exact) mass is 232 g/mol. The van der Waals surface area contributed by atoms with Gasteiger partial charge in [0.05, 0.1) is 5.75 Å². The molecule has 3 nitrogen and oxygen atoms in total. The zero-order valence-electron chi connectivity index (χ0n) is 8.63. The van der Waals surface area contributed by atoms with Gasteiger partial charge in [0.2, 0.25) is 0 Å². The van der Waals surface area contributed by atoms with Crippen molar-refractivity contribution in [3.8, 4) is 0 Å². The maximum Gasteiger partial charge on any atom is 0.149 e. The summed E-state index contributed by atoms with van der Waals surface area (Å²) in [7, 11) is 0. The van der Waals surface area contributed by atoms with E-state index in [9.17, 15) is 0 Å². The van der Waals surface area contributed by atoms with Crippen molar-refractivity contribution in [1.29, 1.82) is 0 Å². The number of hydrogen-bond acceptors (Lipinski definition) is 3. The lowest BCUT2D eigenvalue weighted by atomic mass is 10.1. The van der Waals surface area contributed by atoms with Gasteiger partial charge in [0.1, 0.15) is 5.84 Å². The average molecular weight is 232 g/mol. The van der Waals surface area contributed by atoms with E-state index in [1.165, 1.54) is 10.8 Å². The first kappa shape index (κ1) is 10.8. The van der Waals surface area contributed by atoms with Gasteiger partial charge in [-0.25, -0.2) is 0 Å². The molecule has 0 bridgehead atoms. The third-order valence-electron chi connectivity index (χ3n) is 2.24. The van der Waals surface area contributed by atoms with E-state index in [2.05, 4.69) is 29.4 Å². The van der Waals surface area contributed by atoms with Crippen LogP contribution in [0.15, 0.2) is 52.5 Å². The van der Waals surface area contributed by atoms with Crippen LogP contribution in [-0.2, 0) is 0 Å². The molecule has 0 unspecified atom stereocenters. The molecule has 16 heavy (non-hydrogen) atoms. The molecule has 0 spiro atoms. The maximum atomic E-state index is 8.43. The van der Waals surface area contributed by atoms with E-state index in [0.717, 1.165) is 4.90 Å². The quantitative estimate of drug-likeness (QED) is 0.281. The number of benzene rings is 2. The molecule has 2 aromatic rings. The van der Waals surface area contributed by atoms with Crippen molar-refractivity contribution in [3.63, 3.8) is 0 Å². The fourth-order valence-electron chi connectivity index (χ4n) is 1.44. The molecule has 3 N–H and O–H groups in total. The Kier molecular flexibility index (Phi) is 3.31. The molecule has 0 aliphatic heterocycles. The van der Waals surface area contributed by atoms with Crippen LogP contribution in [0.5, 0.6) is 0 Å². The fraction of sp³-hybridized carbons (Fsp3) is 0.0833. The van der Waals surface area contributed by atoms with Gasteiger partial charge in [-0.1, -0.05) is 35.5 Å². The number of rotatable bonds is 3. The summed E-state index contributed by atoms with van der Waals surface area (Å²) in [6, 6.07) is 14.4. The van der Waals surface area contributed by atoms with Crippen molar-refractivity contribution in [2.45, 2.75) is 4.90 Å². The molecule has 2 rings (SSSR count). The molecule has 0 radical (unpaired) electrons. The molecule has 4 heteroatoms. The number of hydrogen-bond donors (Lipinski definition) is 2. The first-order valence-electron chi connectivity index (χ1n) is 4.87. The highest BCUT2D eigenvalue weighted by Crippen LogP contribution is 2.23. The number of thioether (sulfide) groups is 1. The highest BCUT2D eigenvalue weighted by molar-refractivity contribution is 8.00. The number of nitrogens with two attached hydrogens (primary N) is 1. The first-order chi connectivity index (χ1) is 7.79. The summed E-state index contributed by atoms with van der Waals surface area (Å²) in [5.41, 5.74) is 5.41. The second-order valence-electron chi connectivity index (χ2n) is 3.39. The van der Waals surface area contributed by atoms with E-state index in [1.54, 1.807) is 11.8 Å². The van der Waals surface area contributed by atoms with Crippen molar-refractivity contribution in [2.75, 3.05) is 5.75 Å². The largest absolute Gasteiger partial charge is 0.409 e. The minimum absolute atomic E-state index is 0.234. The lowest BCUT2D eigenvalue weighted by Crippen LogP contribution is -2.13. The van der Waals surface area contributed by atoms with Crippen LogP contribution in [0.4, 0.5) is 0 Å². The summed E-state index contributed by atoms with van der Waals surface area (Å²) >= 11 is 1.55. The Morgan fingerprint density at radius 2 is 1.94 bits per heavy atom. The Labute approximate surface area is 97.9 Å². The zero-order valence-corrected chi connectivity index (χ0v) is 9.45. The van der Waals surface area contributed by atoms with Gasteiger partial charge in [-0.05, 0) is 22.9 Å². The molecule has 0 atom stereocenters. The average Bonchev–Trinajstić information content (AvgIpc) is 2.35. The van der Waals surface area contributed by atoms with Gasteiger partial charge < -0.3 is 10.9 Å². The van der Waals surface area contributed by atoms with Crippen molar-refractivity contribution < 1.29 is 5.21 Å². The Bertz CT molecular complexity index is 525. The van der Waals surface area contributed by atoms with Gasteiger partial charge >= 0.3 is 0 Å². The summed E-state index contributed by atoms with van der Waals surface area (Å²) in [6.45, 7) is 0. The van der Waals surface area contributed by atoms with E-state index < -0.39 is 0 Å². The van der Waals surface area contributed by atoms with E-state index in [0.29, 0.717) is 5.75 Å². The number of amidine groups is 1. The summed E-state index contributed by atoms with van der Waals surface area (Å²) in [4.78, 5) is 1.12. The van der Waals surface area contributed by atoms with Gasteiger partial charge in [0.25, 0.3) is 0 Å². The third-order valence-corrected chi connectivity index (χ3v) is 3.26. The van der Waals surface area contributed by atoms with Gasteiger partial charge in [-0.2, -0.15) is 0 Å². The van der Waals surface area contributed by atoms with Crippen molar-refractivity contribution in [2.24, 2.45) is 10.9 Å². The highest BCUT2D eigenvalue weighted by Gasteiger charge is 1.99. The normalized spacial score (nSPS) is 11.9. The van der Waals surface area contributed by atoms with Crippen LogP contribution in [-0.4, -0.2) is 16.8 Å². The lowest BCUT2D eigenvalue weighted by Gasteiger charge is -2.02. The minimum Gasteiger partial charge on any atom is -0.409 e. The van der Waals surface area contributed by atoms with Crippen LogP contribution >= 0.6 is 11.8 Å². The molecule has 0 aliphatic rings. The molecule has 0 amide bonds. The van der Waals surface area contributed by atoms with Crippen LogP contribution in [0.1, 0.15) is 0 Å². The minimum atomic E-state index is 0.234. The maximum absolute atomic E-state index is 8.43. The van der Waals surface area contributed by atoms with Gasteiger partial charge in [-0.15, -0.1) is 11.8 Å². The predicted octanol–water partition coefficient (Wildman–Crippen LogP) is 2.68. The number of oxime groups is 1. The molecule has 0 heterocycles. The molecule has 0 saturated heterocycles. The van der Waals surface area contributed by atoms with Crippen LogP contribution in [0.25, 0.3) is 10.8 Å².